The van der Waals surface area contributed by atoms with Gasteiger partial charge in [-0.25, -0.2) is 5.43 Å². The Morgan fingerprint density at radius 1 is 1.26 bits per heavy atom. The minimum atomic E-state index is -0.359. The van der Waals surface area contributed by atoms with Crippen molar-refractivity contribution in [3.05, 3.63) is 48.0 Å². The summed E-state index contributed by atoms with van der Waals surface area (Å²) in [5.74, 6) is -0.337. The molecular formula is C15H15N7O. The van der Waals surface area contributed by atoms with E-state index in [0.717, 1.165) is 21.1 Å². The van der Waals surface area contributed by atoms with E-state index < -0.39 is 0 Å². The fourth-order valence-electron chi connectivity index (χ4n) is 2.11. The zero-order valence-corrected chi connectivity index (χ0v) is 12.5. The molecule has 0 bridgehead atoms. The molecule has 1 amide bonds. The summed E-state index contributed by atoms with van der Waals surface area (Å²) < 4.78 is 0. The van der Waals surface area contributed by atoms with Crippen molar-refractivity contribution in [2.24, 2.45) is 5.10 Å². The third kappa shape index (κ3) is 3.49. The van der Waals surface area contributed by atoms with Gasteiger partial charge in [0.15, 0.2) is 0 Å². The van der Waals surface area contributed by atoms with Gasteiger partial charge in [0.05, 0.1) is 5.71 Å². The zero-order valence-electron chi connectivity index (χ0n) is 12.5. The lowest BCUT2D eigenvalue weighted by Gasteiger charge is -2.04. The monoisotopic (exact) mass is 309 g/mol. The number of carbonyl (C=O) groups excluding carboxylic acids is 1. The predicted molar refractivity (Wildman–Crippen MR) is 86.5 cm³/mol. The largest absolute Gasteiger partial charge is 0.365 e. The number of nitrogen functional groups attached to an aromatic ring is 1. The molecule has 0 unspecified atom stereocenters. The number of nitrogens with two attached hydrogens (primary N) is 1. The average molecular weight is 309 g/mol. The molecule has 0 aliphatic carbocycles. The highest BCUT2D eigenvalue weighted by Crippen LogP contribution is 2.16. The summed E-state index contributed by atoms with van der Waals surface area (Å²) in [7, 11) is 0. The number of rotatable bonds is 4. The maximum atomic E-state index is 11.8. The van der Waals surface area contributed by atoms with Crippen LogP contribution in [0.4, 0.5) is 5.95 Å². The molecule has 1 heterocycles. The van der Waals surface area contributed by atoms with Crippen LogP contribution in [0.25, 0.3) is 10.8 Å². The molecule has 0 radical (unpaired) electrons. The highest BCUT2D eigenvalue weighted by molar-refractivity contribution is 6.02. The molecule has 0 aliphatic rings. The molecule has 8 nitrogen and oxygen atoms in total. The molecule has 3 rings (SSSR count). The maximum absolute atomic E-state index is 11.8. The van der Waals surface area contributed by atoms with E-state index in [1.807, 2.05) is 49.4 Å². The topological polar surface area (TPSA) is 111 Å². The number of aromatic nitrogens is 4. The summed E-state index contributed by atoms with van der Waals surface area (Å²) in [4.78, 5) is 12.9. The van der Waals surface area contributed by atoms with Crippen LogP contribution in [0.15, 0.2) is 47.6 Å². The fraction of sp³-hybridized carbons (Fsp3) is 0.133. The summed E-state index contributed by atoms with van der Waals surface area (Å²) in [5, 5.41) is 17.2. The standard InChI is InChI=1S/C15H15N7O/c1-10(12-7-6-11-4-2-3-5-13(11)8-12)17-18-14(23)9-22-20-15(16)19-21-22/h2-8H,9H2,1H3,(H2,16,20)(H,18,23)/b17-10-. The predicted octanol–water partition coefficient (Wildman–Crippen LogP) is 0.949. The molecule has 0 atom stereocenters. The van der Waals surface area contributed by atoms with Gasteiger partial charge < -0.3 is 5.73 Å². The van der Waals surface area contributed by atoms with Gasteiger partial charge in [-0.2, -0.15) is 9.90 Å². The zero-order chi connectivity index (χ0) is 16.2. The average Bonchev–Trinajstić information content (AvgIpc) is 2.97. The van der Waals surface area contributed by atoms with Crippen LogP contribution >= 0.6 is 0 Å². The third-order valence-electron chi connectivity index (χ3n) is 3.27. The number of nitrogens with zero attached hydrogens (tertiary/aromatic N) is 5. The Balaban J connectivity index is 1.69. The Morgan fingerprint density at radius 2 is 2.04 bits per heavy atom. The highest BCUT2D eigenvalue weighted by Gasteiger charge is 2.06. The first-order chi connectivity index (χ1) is 11.1. The number of fused-ring (bicyclic) bond motifs is 1. The number of hydrazone groups is 1. The first-order valence-electron chi connectivity index (χ1n) is 6.97. The summed E-state index contributed by atoms with van der Waals surface area (Å²) >= 11 is 0. The van der Waals surface area contributed by atoms with Crippen molar-refractivity contribution >= 4 is 28.3 Å². The van der Waals surface area contributed by atoms with Crippen LogP contribution in [0.3, 0.4) is 0 Å². The number of benzene rings is 2. The lowest BCUT2D eigenvalue weighted by atomic mass is 10.0. The van der Waals surface area contributed by atoms with Crippen molar-refractivity contribution in [3.8, 4) is 0 Å². The van der Waals surface area contributed by atoms with Crippen LogP contribution in [-0.2, 0) is 11.3 Å². The van der Waals surface area contributed by atoms with E-state index >= 15 is 0 Å². The van der Waals surface area contributed by atoms with Gasteiger partial charge in [-0.05, 0) is 34.5 Å². The molecular weight excluding hydrogens is 294 g/mol. The summed E-state index contributed by atoms with van der Waals surface area (Å²) in [6.45, 7) is 1.73. The van der Waals surface area contributed by atoms with E-state index in [4.69, 9.17) is 5.73 Å². The van der Waals surface area contributed by atoms with Gasteiger partial charge in [-0.1, -0.05) is 41.5 Å². The minimum absolute atomic E-state index is 0.0219. The molecule has 2 aromatic carbocycles. The van der Waals surface area contributed by atoms with Crippen molar-refractivity contribution in [1.82, 2.24) is 25.6 Å². The van der Waals surface area contributed by atoms with Gasteiger partial charge in [0, 0.05) is 0 Å². The lowest BCUT2D eigenvalue weighted by molar-refractivity contribution is -0.122. The van der Waals surface area contributed by atoms with Gasteiger partial charge >= 0.3 is 0 Å². The number of carbonyl (C=O) groups is 1. The number of nitrogens with one attached hydrogen (secondary N) is 1. The highest BCUT2D eigenvalue weighted by atomic mass is 16.2. The van der Waals surface area contributed by atoms with E-state index in [9.17, 15) is 4.79 Å². The van der Waals surface area contributed by atoms with Crippen LogP contribution in [0.2, 0.25) is 0 Å². The number of hydrogen-bond acceptors (Lipinski definition) is 6. The summed E-state index contributed by atoms with van der Waals surface area (Å²) in [6, 6.07) is 14.1. The molecule has 3 aromatic rings. The Kier molecular flexibility index (Phi) is 3.96. The molecule has 0 spiro atoms. The van der Waals surface area contributed by atoms with Crippen LogP contribution in [0.5, 0.6) is 0 Å². The van der Waals surface area contributed by atoms with E-state index in [0.29, 0.717) is 5.71 Å². The fourth-order valence-corrected chi connectivity index (χ4v) is 2.11. The maximum Gasteiger partial charge on any atom is 0.263 e. The molecule has 1 aromatic heterocycles. The van der Waals surface area contributed by atoms with E-state index in [2.05, 4.69) is 25.9 Å². The van der Waals surface area contributed by atoms with E-state index in [1.165, 1.54) is 0 Å². The van der Waals surface area contributed by atoms with Crippen molar-refractivity contribution in [2.75, 3.05) is 5.73 Å². The second kappa shape index (κ2) is 6.22. The Hall–Kier alpha value is -3.29. The minimum Gasteiger partial charge on any atom is -0.365 e. The Bertz CT molecular complexity index is 884. The first kappa shape index (κ1) is 14.6. The number of hydrogen-bond donors (Lipinski definition) is 2. The normalized spacial score (nSPS) is 11.6. The smallest absolute Gasteiger partial charge is 0.263 e. The number of anilines is 1. The lowest BCUT2D eigenvalue weighted by Crippen LogP contribution is -2.25. The summed E-state index contributed by atoms with van der Waals surface area (Å²) in [6.07, 6.45) is 0. The molecule has 116 valence electrons. The molecule has 0 saturated carbocycles. The SMILES string of the molecule is C/C(=N/NC(=O)Cn1nnc(N)n1)c1ccc2ccccc2c1. The van der Waals surface area contributed by atoms with E-state index in [-0.39, 0.29) is 18.4 Å². The quantitative estimate of drug-likeness (QED) is 0.550. The molecule has 0 saturated heterocycles. The second-order valence-electron chi connectivity index (χ2n) is 4.97. The van der Waals surface area contributed by atoms with Gasteiger partial charge in [-0.15, -0.1) is 5.10 Å². The van der Waals surface area contributed by atoms with Crippen LogP contribution < -0.4 is 11.2 Å². The van der Waals surface area contributed by atoms with Crippen LogP contribution in [0, 0.1) is 0 Å². The molecule has 0 fully saturated rings. The third-order valence-corrected chi connectivity index (χ3v) is 3.27. The van der Waals surface area contributed by atoms with Crippen molar-refractivity contribution in [3.63, 3.8) is 0 Å². The van der Waals surface area contributed by atoms with Gasteiger partial charge in [-0.3, -0.25) is 4.79 Å². The molecule has 3 N–H and O–H groups in total. The van der Waals surface area contributed by atoms with Gasteiger partial charge in [0.1, 0.15) is 6.54 Å². The Labute approximate surface area is 132 Å². The van der Waals surface area contributed by atoms with Crippen LogP contribution in [0.1, 0.15) is 12.5 Å². The first-order valence-corrected chi connectivity index (χ1v) is 6.97. The number of amides is 1. The second-order valence-corrected chi connectivity index (χ2v) is 4.97. The van der Waals surface area contributed by atoms with E-state index in [1.54, 1.807) is 0 Å². The molecule has 8 heteroatoms. The van der Waals surface area contributed by atoms with Crippen molar-refractivity contribution in [1.29, 1.82) is 0 Å². The molecule has 23 heavy (non-hydrogen) atoms. The van der Waals surface area contributed by atoms with Gasteiger partial charge in [0.25, 0.3) is 11.9 Å². The van der Waals surface area contributed by atoms with Crippen molar-refractivity contribution in [2.45, 2.75) is 13.5 Å². The van der Waals surface area contributed by atoms with Crippen LogP contribution in [-0.4, -0.2) is 31.8 Å². The Morgan fingerprint density at radius 3 is 2.78 bits per heavy atom. The van der Waals surface area contributed by atoms with Gasteiger partial charge in [0.2, 0.25) is 0 Å². The number of tetrazole rings is 1. The van der Waals surface area contributed by atoms with Crippen molar-refractivity contribution < 1.29 is 4.79 Å². The summed E-state index contributed by atoms with van der Waals surface area (Å²) in [5.41, 5.74) is 9.44. The molecule has 0 aliphatic heterocycles.